The molecule has 0 unspecified atom stereocenters. The van der Waals surface area contributed by atoms with Crippen LogP contribution in [0.4, 0.5) is 5.69 Å². The van der Waals surface area contributed by atoms with E-state index >= 15 is 0 Å². The van der Waals surface area contributed by atoms with Crippen LogP contribution in [0.3, 0.4) is 0 Å². The summed E-state index contributed by atoms with van der Waals surface area (Å²) in [6.07, 6.45) is 0.392. The number of carbonyl (C=O) groups excluding carboxylic acids is 1. The van der Waals surface area contributed by atoms with Crippen LogP contribution >= 0.6 is 11.6 Å². The molecule has 0 fully saturated rings. The molecule has 1 aliphatic heterocycles. The van der Waals surface area contributed by atoms with E-state index in [4.69, 9.17) is 17.3 Å². The van der Waals surface area contributed by atoms with Gasteiger partial charge in [0, 0.05) is 19.2 Å². The minimum Gasteiger partial charge on any atom is -0.364 e. The van der Waals surface area contributed by atoms with Gasteiger partial charge in [-0.25, -0.2) is 8.42 Å². The van der Waals surface area contributed by atoms with Gasteiger partial charge in [0.2, 0.25) is 10.0 Å². The first-order valence-corrected chi connectivity index (χ1v) is 9.34. The molecule has 26 heavy (non-hydrogen) atoms. The van der Waals surface area contributed by atoms with Crippen molar-refractivity contribution >= 4 is 33.2 Å². The first-order valence-electron chi connectivity index (χ1n) is 7.52. The van der Waals surface area contributed by atoms with Gasteiger partial charge in [0.15, 0.2) is 10.6 Å². The van der Waals surface area contributed by atoms with Gasteiger partial charge in [-0.1, -0.05) is 23.7 Å². The largest absolute Gasteiger partial charge is 0.364 e. The minimum atomic E-state index is -4.16. The molecule has 10 nitrogen and oxygen atoms in total. The maximum absolute atomic E-state index is 13.0. The van der Waals surface area contributed by atoms with Gasteiger partial charge in [-0.05, 0) is 12.5 Å². The maximum Gasteiger partial charge on any atom is 0.289 e. The fourth-order valence-electron chi connectivity index (χ4n) is 2.78. The van der Waals surface area contributed by atoms with Gasteiger partial charge in [0.1, 0.15) is 0 Å². The Kier molecular flexibility index (Phi) is 4.69. The molecule has 0 atom stereocenters. The summed E-state index contributed by atoms with van der Waals surface area (Å²) in [5.74, 6) is -0.816. The number of hydrogen-bond donors (Lipinski definition) is 1. The summed E-state index contributed by atoms with van der Waals surface area (Å²) in [6, 6.07) is 5.13. The second kappa shape index (κ2) is 6.67. The van der Waals surface area contributed by atoms with E-state index in [1.54, 1.807) is 0 Å². The highest BCUT2D eigenvalue weighted by molar-refractivity contribution is 7.89. The van der Waals surface area contributed by atoms with Crippen LogP contribution in [-0.4, -0.2) is 39.9 Å². The van der Waals surface area contributed by atoms with Crippen LogP contribution in [-0.2, 0) is 23.1 Å². The van der Waals surface area contributed by atoms with Crippen LogP contribution in [0.15, 0.2) is 29.2 Å². The fourth-order valence-corrected chi connectivity index (χ4v) is 4.67. The summed E-state index contributed by atoms with van der Waals surface area (Å²) in [7, 11) is -4.16. The maximum atomic E-state index is 13.0. The molecule has 0 spiro atoms. The van der Waals surface area contributed by atoms with Crippen LogP contribution < -0.4 is 5.73 Å². The number of nitrogens with two attached hydrogens (primary N) is 1. The zero-order valence-electron chi connectivity index (χ0n) is 13.3. The van der Waals surface area contributed by atoms with Crippen molar-refractivity contribution in [2.24, 2.45) is 5.73 Å². The van der Waals surface area contributed by atoms with Crippen molar-refractivity contribution in [2.45, 2.75) is 24.4 Å². The average Bonchev–Trinajstić information content (AvgIpc) is 2.78. The highest BCUT2D eigenvalue weighted by Gasteiger charge is 2.34. The topological polar surface area (TPSA) is 141 Å². The van der Waals surface area contributed by atoms with Crippen molar-refractivity contribution in [2.75, 3.05) is 6.54 Å². The Morgan fingerprint density at radius 2 is 2.00 bits per heavy atom. The molecule has 3 rings (SSSR count). The standard InChI is InChI=1S/C14H14ClN5O5S/c15-12-10-8-18(6-3-7-19(10)17-13(12)14(16)21)26(24,25)11-5-2-1-4-9(11)20(22)23/h1-2,4-5H,3,6-8H2,(H2,16,21). The first kappa shape index (κ1) is 18.3. The number of hydrogen-bond acceptors (Lipinski definition) is 6. The molecule has 138 valence electrons. The van der Waals surface area contributed by atoms with Crippen LogP contribution in [0.1, 0.15) is 22.6 Å². The number of aromatic nitrogens is 2. The zero-order chi connectivity index (χ0) is 19.1. The Morgan fingerprint density at radius 3 is 2.65 bits per heavy atom. The molecule has 1 aromatic carbocycles. The van der Waals surface area contributed by atoms with Crippen molar-refractivity contribution in [3.05, 3.63) is 50.8 Å². The number of nitro benzene ring substituents is 1. The van der Waals surface area contributed by atoms with E-state index in [9.17, 15) is 23.3 Å². The number of nitrogens with zero attached hydrogens (tertiary/aromatic N) is 4. The average molecular weight is 400 g/mol. The number of nitro groups is 1. The van der Waals surface area contributed by atoms with Gasteiger partial charge in [-0.2, -0.15) is 9.40 Å². The molecule has 1 aromatic heterocycles. The summed E-state index contributed by atoms with van der Waals surface area (Å²) in [6.45, 7) is 0.290. The Hall–Kier alpha value is -2.50. The lowest BCUT2D eigenvalue weighted by Gasteiger charge is -2.19. The number of fused-ring (bicyclic) bond motifs is 1. The van der Waals surface area contributed by atoms with Gasteiger partial charge in [0.25, 0.3) is 11.6 Å². The third-order valence-corrected chi connectivity index (χ3v) is 6.30. The van der Waals surface area contributed by atoms with Crippen molar-refractivity contribution in [3.8, 4) is 0 Å². The monoisotopic (exact) mass is 399 g/mol. The molecule has 2 N–H and O–H groups in total. The summed E-state index contributed by atoms with van der Waals surface area (Å²) < 4.78 is 28.5. The number of aryl methyl sites for hydroxylation is 1. The van der Waals surface area contributed by atoms with Crippen LogP contribution in [0, 0.1) is 10.1 Å². The van der Waals surface area contributed by atoms with Crippen molar-refractivity contribution in [3.63, 3.8) is 0 Å². The number of sulfonamides is 1. The number of carbonyl (C=O) groups is 1. The molecule has 1 aliphatic rings. The molecule has 12 heteroatoms. The Morgan fingerprint density at radius 1 is 1.31 bits per heavy atom. The Balaban J connectivity index is 2.05. The molecule has 0 saturated carbocycles. The van der Waals surface area contributed by atoms with Crippen LogP contribution in [0.2, 0.25) is 5.02 Å². The van der Waals surface area contributed by atoms with E-state index in [-0.39, 0.29) is 23.8 Å². The second-order valence-corrected chi connectivity index (χ2v) is 7.90. The van der Waals surface area contributed by atoms with Gasteiger partial charge in [0.05, 0.1) is 22.2 Å². The number of amides is 1. The van der Waals surface area contributed by atoms with E-state index in [1.165, 1.54) is 22.9 Å². The smallest absolute Gasteiger partial charge is 0.289 e. The lowest BCUT2D eigenvalue weighted by Crippen LogP contribution is -2.31. The Labute approximate surface area is 153 Å². The van der Waals surface area contributed by atoms with Gasteiger partial charge in [-0.15, -0.1) is 0 Å². The molecule has 1 amide bonds. The van der Waals surface area contributed by atoms with Crippen molar-refractivity contribution < 1.29 is 18.1 Å². The van der Waals surface area contributed by atoms with E-state index in [2.05, 4.69) is 5.10 Å². The number of rotatable bonds is 4. The number of primary amides is 1. The number of halogens is 1. The molecule has 2 heterocycles. The minimum absolute atomic E-state index is 0.0119. The molecule has 0 bridgehead atoms. The van der Waals surface area contributed by atoms with Crippen LogP contribution in [0.5, 0.6) is 0 Å². The summed E-state index contributed by atoms with van der Waals surface area (Å²) >= 11 is 6.14. The molecule has 0 radical (unpaired) electrons. The van der Waals surface area contributed by atoms with Gasteiger partial charge >= 0.3 is 0 Å². The van der Waals surface area contributed by atoms with E-state index < -0.39 is 31.4 Å². The molecular weight excluding hydrogens is 386 g/mol. The number of para-hydroxylation sites is 1. The molecule has 2 aromatic rings. The lowest BCUT2D eigenvalue weighted by atomic mass is 10.3. The highest BCUT2D eigenvalue weighted by Crippen LogP contribution is 2.31. The summed E-state index contributed by atoms with van der Waals surface area (Å²) in [5, 5.41) is 15.2. The van der Waals surface area contributed by atoms with E-state index in [0.29, 0.717) is 18.7 Å². The normalized spacial score (nSPS) is 15.3. The second-order valence-electron chi connectivity index (χ2n) is 5.61. The summed E-state index contributed by atoms with van der Waals surface area (Å²) in [4.78, 5) is 21.4. The SMILES string of the molecule is NC(=O)c1nn2c(c1Cl)CN(S(=O)(=O)c1ccccc1[N+](=O)[O-])CCC2. The van der Waals surface area contributed by atoms with Crippen LogP contribution in [0.25, 0.3) is 0 Å². The number of benzene rings is 1. The van der Waals surface area contributed by atoms with Gasteiger partial charge in [-0.3, -0.25) is 19.6 Å². The lowest BCUT2D eigenvalue weighted by molar-refractivity contribution is -0.387. The predicted octanol–water partition coefficient (Wildman–Crippen LogP) is 1.14. The third kappa shape index (κ3) is 3.04. The fraction of sp³-hybridized carbons (Fsp3) is 0.286. The van der Waals surface area contributed by atoms with Crippen molar-refractivity contribution in [1.29, 1.82) is 0 Å². The van der Waals surface area contributed by atoms with Crippen molar-refractivity contribution in [1.82, 2.24) is 14.1 Å². The summed E-state index contributed by atoms with van der Waals surface area (Å²) in [5.41, 5.74) is 4.91. The molecular formula is C14H14ClN5O5S. The third-order valence-electron chi connectivity index (χ3n) is 4.01. The Bertz CT molecular complexity index is 1000. The highest BCUT2D eigenvalue weighted by atomic mass is 35.5. The molecule has 0 saturated heterocycles. The quantitative estimate of drug-likeness (QED) is 0.603. The first-order chi connectivity index (χ1) is 12.2. The van der Waals surface area contributed by atoms with Gasteiger partial charge < -0.3 is 5.73 Å². The van der Waals surface area contributed by atoms with E-state index in [1.807, 2.05) is 0 Å². The van der Waals surface area contributed by atoms with E-state index in [0.717, 1.165) is 10.4 Å². The molecule has 0 aliphatic carbocycles. The zero-order valence-corrected chi connectivity index (χ0v) is 14.9. The predicted molar refractivity (Wildman–Crippen MR) is 91.1 cm³/mol.